The van der Waals surface area contributed by atoms with Gasteiger partial charge in [-0.25, -0.2) is 12.8 Å². The van der Waals surface area contributed by atoms with Gasteiger partial charge in [0.05, 0.1) is 11.4 Å². The number of carbonyl (C=O) groups excluding carboxylic acids is 1. The highest BCUT2D eigenvalue weighted by atomic mass is 32.2. The second-order valence-electron chi connectivity index (χ2n) is 5.93. The zero-order valence-electron chi connectivity index (χ0n) is 15.7. The minimum absolute atomic E-state index is 0.154. The Morgan fingerprint density at radius 2 is 1.82 bits per heavy atom. The minimum Gasteiger partial charge on any atom is -0.354 e. The number of nitrogens with one attached hydrogen (secondary N) is 1. The van der Waals surface area contributed by atoms with E-state index in [9.17, 15) is 17.6 Å². The third kappa shape index (κ3) is 6.51. The molecule has 0 radical (unpaired) electrons. The van der Waals surface area contributed by atoms with Crippen molar-refractivity contribution >= 4 is 39.5 Å². The van der Waals surface area contributed by atoms with E-state index in [4.69, 9.17) is 0 Å². The van der Waals surface area contributed by atoms with E-state index in [1.54, 1.807) is 30.3 Å². The van der Waals surface area contributed by atoms with Crippen molar-refractivity contribution in [2.45, 2.75) is 15.5 Å². The number of sulfonamides is 1. The summed E-state index contributed by atoms with van der Waals surface area (Å²) < 4.78 is 39.6. The number of thioether (sulfide) groups is 2. The highest BCUT2D eigenvalue weighted by Gasteiger charge is 2.22. The number of benzene rings is 2. The molecule has 1 N–H and O–H groups in total. The van der Waals surface area contributed by atoms with Gasteiger partial charge in [0.1, 0.15) is 5.82 Å². The molecule has 1 amide bonds. The van der Waals surface area contributed by atoms with E-state index in [0.717, 1.165) is 9.20 Å². The number of amides is 1. The van der Waals surface area contributed by atoms with E-state index >= 15 is 0 Å². The molecule has 0 fully saturated rings. The van der Waals surface area contributed by atoms with Crippen LogP contribution < -0.4 is 5.32 Å². The van der Waals surface area contributed by atoms with Crippen molar-refractivity contribution in [2.24, 2.45) is 0 Å². The van der Waals surface area contributed by atoms with Crippen LogP contribution in [0.4, 0.5) is 4.39 Å². The van der Waals surface area contributed by atoms with Gasteiger partial charge in [0.25, 0.3) is 0 Å². The minimum atomic E-state index is -3.72. The number of rotatable bonds is 10. The Morgan fingerprint density at radius 3 is 2.46 bits per heavy atom. The Bertz CT molecular complexity index is 890. The summed E-state index contributed by atoms with van der Waals surface area (Å²) in [6.45, 7) is 0.124. The average Bonchev–Trinajstić information content (AvgIpc) is 2.69. The Hall–Kier alpha value is -1.55. The first-order valence-corrected chi connectivity index (χ1v) is 12.3. The lowest BCUT2D eigenvalue weighted by Gasteiger charge is -2.17. The molecule has 0 bridgehead atoms. The molecule has 28 heavy (non-hydrogen) atoms. The summed E-state index contributed by atoms with van der Waals surface area (Å²) in [6.07, 6.45) is 1.91. The molecule has 0 saturated heterocycles. The summed E-state index contributed by atoms with van der Waals surface area (Å²) in [5.74, 6) is 0.505. The van der Waals surface area contributed by atoms with Crippen LogP contribution in [0.2, 0.25) is 0 Å². The van der Waals surface area contributed by atoms with Crippen molar-refractivity contribution in [3.8, 4) is 0 Å². The van der Waals surface area contributed by atoms with E-state index in [0.29, 0.717) is 23.6 Å². The van der Waals surface area contributed by atoms with Gasteiger partial charge < -0.3 is 5.32 Å². The molecule has 5 nitrogen and oxygen atoms in total. The number of carbonyl (C=O) groups is 1. The molecule has 0 aliphatic carbocycles. The van der Waals surface area contributed by atoms with Crippen molar-refractivity contribution in [1.29, 1.82) is 0 Å². The second kappa shape index (κ2) is 10.8. The molecule has 0 spiro atoms. The number of nitrogens with zero attached hydrogens (tertiary/aromatic N) is 1. The van der Waals surface area contributed by atoms with Crippen LogP contribution in [0.3, 0.4) is 0 Å². The van der Waals surface area contributed by atoms with Crippen LogP contribution in [0, 0.1) is 5.82 Å². The Kier molecular flexibility index (Phi) is 8.81. The normalized spacial score (nSPS) is 11.6. The fourth-order valence-corrected chi connectivity index (χ4v) is 4.71. The predicted molar refractivity (Wildman–Crippen MR) is 114 cm³/mol. The van der Waals surface area contributed by atoms with E-state index in [1.807, 2.05) is 6.26 Å². The van der Waals surface area contributed by atoms with Crippen molar-refractivity contribution < 1.29 is 17.6 Å². The number of hydrogen-bond donors (Lipinski definition) is 1. The van der Waals surface area contributed by atoms with Crippen molar-refractivity contribution in [2.75, 3.05) is 32.1 Å². The highest BCUT2D eigenvalue weighted by Crippen LogP contribution is 2.19. The number of likely N-dealkylation sites (N-methyl/N-ethyl adjacent to an activating group) is 1. The molecular weight excluding hydrogens is 419 g/mol. The molecular formula is C19H23FN2O3S3. The fourth-order valence-electron chi connectivity index (χ4n) is 2.33. The lowest BCUT2D eigenvalue weighted by atomic mass is 10.2. The van der Waals surface area contributed by atoms with Crippen molar-refractivity contribution in [1.82, 2.24) is 9.62 Å². The van der Waals surface area contributed by atoms with Crippen LogP contribution >= 0.6 is 23.5 Å². The van der Waals surface area contributed by atoms with E-state index < -0.39 is 10.0 Å². The molecule has 0 atom stereocenters. The Balaban J connectivity index is 1.76. The molecule has 0 saturated carbocycles. The second-order valence-corrected chi connectivity index (χ2v) is 9.96. The first-order valence-electron chi connectivity index (χ1n) is 8.53. The lowest BCUT2D eigenvalue weighted by molar-refractivity contribution is -0.121. The van der Waals surface area contributed by atoms with Gasteiger partial charge in [-0.2, -0.15) is 16.1 Å². The first-order chi connectivity index (χ1) is 13.3. The van der Waals surface area contributed by atoms with Crippen LogP contribution in [0.25, 0.3) is 0 Å². The maximum atomic E-state index is 13.5. The number of hydrogen-bond acceptors (Lipinski definition) is 5. The van der Waals surface area contributed by atoms with Gasteiger partial charge >= 0.3 is 0 Å². The maximum absolute atomic E-state index is 13.5. The van der Waals surface area contributed by atoms with Crippen molar-refractivity contribution in [3.63, 3.8) is 0 Å². The summed E-state index contributed by atoms with van der Waals surface area (Å²) in [7, 11) is -2.34. The largest absolute Gasteiger partial charge is 0.354 e. The standard InChI is InChI=1S/C19H23FN2O3S3/c1-22(28(24,25)17-9-7-16(26-2)8-10-17)13-19(23)21-11-12-27-14-15-5-3-4-6-18(15)20/h3-10H,11-14H2,1-2H3,(H,21,23). The van der Waals surface area contributed by atoms with Gasteiger partial charge in [0.2, 0.25) is 15.9 Å². The molecule has 0 aliphatic rings. The molecule has 0 aliphatic heterocycles. The quantitative estimate of drug-likeness (QED) is 0.452. The van der Waals surface area contributed by atoms with Gasteiger partial charge in [-0.1, -0.05) is 18.2 Å². The zero-order chi connectivity index (χ0) is 20.6. The maximum Gasteiger partial charge on any atom is 0.243 e. The predicted octanol–water partition coefficient (Wildman–Crippen LogP) is 3.22. The van der Waals surface area contributed by atoms with Crippen LogP contribution in [-0.2, 0) is 20.6 Å². The first kappa shape index (κ1) is 22.7. The lowest BCUT2D eigenvalue weighted by Crippen LogP contribution is -2.39. The van der Waals surface area contributed by atoms with Gasteiger partial charge in [0, 0.05) is 30.0 Å². The van der Waals surface area contributed by atoms with Gasteiger partial charge in [-0.05, 0) is 42.2 Å². The van der Waals surface area contributed by atoms with E-state index in [1.165, 1.54) is 48.8 Å². The SMILES string of the molecule is CSc1ccc(S(=O)(=O)N(C)CC(=O)NCCSCc2ccccc2F)cc1. The van der Waals surface area contributed by atoms with Crippen molar-refractivity contribution in [3.05, 3.63) is 59.9 Å². The van der Waals surface area contributed by atoms with Gasteiger partial charge in [-0.3, -0.25) is 4.79 Å². The Labute approximate surface area is 174 Å². The summed E-state index contributed by atoms with van der Waals surface area (Å²) in [5.41, 5.74) is 0.622. The van der Waals surface area contributed by atoms with Crippen LogP contribution in [-0.4, -0.2) is 50.8 Å². The highest BCUT2D eigenvalue weighted by molar-refractivity contribution is 7.98. The topological polar surface area (TPSA) is 66.5 Å². The molecule has 2 rings (SSSR count). The fraction of sp³-hybridized carbons (Fsp3) is 0.316. The van der Waals surface area contributed by atoms with E-state index in [-0.39, 0.29) is 23.2 Å². The monoisotopic (exact) mass is 442 g/mol. The van der Waals surface area contributed by atoms with Gasteiger partial charge in [0.15, 0.2) is 0 Å². The smallest absolute Gasteiger partial charge is 0.243 e. The molecule has 0 heterocycles. The molecule has 9 heteroatoms. The average molecular weight is 443 g/mol. The molecule has 0 aromatic heterocycles. The Morgan fingerprint density at radius 1 is 1.14 bits per heavy atom. The summed E-state index contributed by atoms with van der Waals surface area (Å²) in [5, 5.41) is 2.69. The molecule has 152 valence electrons. The van der Waals surface area contributed by atoms with Gasteiger partial charge in [-0.15, -0.1) is 11.8 Å². The molecule has 2 aromatic carbocycles. The van der Waals surface area contributed by atoms with Crippen LogP contribution in [0.15, 0.2) is 58.3 Å². The summed E-state index contributed by atoms with van der Waals surface area (Å²) >= 11 is 3.02. The zero-order valence-corrected chi connectivity index (χ0v) is 18.2. The van der Waals surface area contributed by atoms with E-state index in [2.05, 4.69) is 5.32 Å². The third-order valence-electron chi connectivity index (χ3n) is 3.92. The number of halogens is 1. The van der Waals surface area contributed by atoms with Crippen LogP contribution in [0.5, 0.6) is 0 Å². The molecule has 2 aromatic rings. The van der Waals surface area contributed by atoms with Crippen LogP contribution in [0.1, 0.15) is 5.56 Å². The summed E-state index contributed by atoms with van der Waals surface area (Å²) in [4.78, 5) is 13.1. The third-order valence-corrected chi connectivity index (χ3v) is 7.49. The summed E-state index contributed by atoms with van der Waals surface area (Å²) in [6, 6.07) is 13.1. The molecule has 0 unspecified atom stereocenters.